The van der Waals surface area contributed by atoms with Gasteiger partial charge in [0.05, 0.1) is 19.5 Å². The summed E-state index contributed by atoms with van der Waals surface area (Å²) < 4.78 is 62.1. The van der Waals surface area contributed by atoms with Gasteiger partial charge in [-0.25, -0.2) is 28.6 Å². The number of nitrogen functional groups attached to an aromatic ring is 1. The Labute approximate surface area is 338 Å². The number of ether oxygens (including phenoxy) is 1. The maximum absolute atomic E-state index is 12.7. The van der Waals surface area contributed by atoms with Crippen LogP contribution in [0.1, 0.15) is 45.8 Å². The summed E-state index contributed by atoms with van der Waals surface area (Å²) in [5.74, 6) is -1.23. The number of aliphatic hydroxyl groups is 3. The first-order valence-electron chi connectivity index (χ1n) is 16.9. The van der Waals surface area contributed by atoms with Crippen LogP contribution in [-0.4, -0.2) is 151 Å². The molecule has 0 radical (unpaired) electrons. The van der Waals surface area contributed by atoms with Gasteiger partial charge in [0, 0.05) is 12.0 Å². The number of hydrogen-bond donors (Lipinski definition) is 10. The standard InChI is InChI=1S/C27H47AsN7O18P3S/c1-27(2,22(40)25(41)31-7-5-17(37)30-8-9-57-18(38)10-15(36)4-3-6-28)12-50-56(47,48)53-55(45,46)49-11-16-21(52-54(42,43)44)20(39)26(51-16)35-14-34-19-23(29)32-13-33-24(19)35/h13-16,20-22,26,36,39-40H,3-12,28H2,1-2H3,(H,30,37)(H,31,41)(H,45,46)(H,47,48)(H2,29,32,33)(H2,42,43,44)/t15?,16-,20-,21-,22+,26-/m1/s1. The van der Waals surface area contributed by atoms with Gasteiger partial charge in [-0.3, -0.25) is 22.9 Å². The number of hydrogen-bond acceptors (Lipinski definition) is 19. The third-order valence-electron chi connectivity index (χ3n) is 7.91. The predicted molar refractivity (Wildman–Crippen MR) is 200 cm³/mol. The van der Waals surface area contributed by atoms with Gasteiger partial charge in [-0.2, -0.15) is 4.31 Å². The van der Waals surface area contributed by atoms with Crippen LogP contribution in [0.4, 0.5) is 5.82 Å². The number of carbonyl (C=O) groups excluding carboxylic acids is 3. The number of nitrogens with two attached hydrogens (primary N) is 1. The first-order chi connectivity index (χ1) is 26.4. The molecule has 57 heavy (non-hydrogen) atoms. The van der Waals surface area contributed by atoms with E-state index in [1.54, 1.807) is 16.9 Å². The molecule has 3 heterocycles. The van der Waals surface area contributed by atoms with Crippen LogP contribution in [0.15, 0.2) is 12.7 Å². The number of rotatable bonds is 24. The average molecular weight is 958 g/mol. The average Bonchev–Trinajstić information content (AvgIpc) is 3.67. The Kier molecular flexibility index (Phi) is 18.7. The second kappa shape index (κ2) is 21.6. The zero-order valence-corrected chi connectivity index (χ0v) is 36.4. The van der Waals surface area contributed by atoms with Crippen molar-refractivity contribution in [1.82, 2.24) is 30.2 Å². The van der Waals surface area contributed by atoms with E-state index in [9.17, 15) is 63.0 Å². The summed E-state index contributed by atoms with van der Waals surface area (Å²) in [6.45, 7) is 0.386. The molecule has 1 saturated heterocycles. The third-order valence-corrected chi connectivity index (χ3v) is 12.8. The number of nitrogens with zero attached hydrogens (tertiary/aromatic N) is 4. The zero-order valence-electron chi connectivity index (χ0n) is 30.5. The minimum absolute atomic E-state index is 0.0213. The number of nitrogens with one attached hydrogen (secondary N) is 2. The summed E-state index contributed by atoms with van der Waals surface area (Å²) in [5, 5.41) is 36.9. The van der Waals surface area contributed by atoms with Crippen molar-refractivity contribution < 1.29 is 85.6 Å². The molecule has 25 nitrogen and oxygen atoms in total. The molecule has 2 aromatic heterocycles. The summed E-state index contributed by atoms with van der Waals surface area (Å²) >= 11 is 2.52. The van der Waals surface area contributed by atoms with Crippen LogP contribution in [0.5, 0.6) is 0 Å². The molecular formula is C27H47AsN7O18P3S. The van der Waals surface area contributed by atoms with Crippen molar-refractivity contribution in [3.8, 4) is 0 Å². The summed E-state index contributed by atoms with van der Waals surface area (Å²) in [6, 6.07) is 0. The number of imidazole rings is 1. The molecule has 11 N–H and O–H groups in total. The second-order valence-corrected chi connectivity index (χ2v) is 19.7. The Morgan fingerprint density at radius 1 is 1.07 bits per heavy atom. The zero-order chi connectivity index (χ0) is 42.8. The SMILES string of the molecule is CC(C)(COP(=O)(O)OP(=O)(O)OC[C@H]1O[C@@H](n2cnc3c(N)ncnc32)[C@H](O)[C@@H]1OP(=O)(O)O)[C@@H](O)C(=O)NCCC(=O)NCCSC(=O)CC(O)CCC[AsH2]. The van der Waals surface area contributed by atoms with Crippen LogP contribution >= 0.6 is 35.2 Å². The number of aromatic nitrogens is 4. The molecule has 0 saturated carbocycles. The number of aliphatic hydroxyl groups excluding tert-OH is 3. The van der Waals surface area contributed by atoms with Crippen LogP contribution in [0.25, 0.3) is 11.2 Å². The Bertz CT molecular complexity index is 1840. The van der Waals surface area contributed by atoms with Gasteiger partial charge in [0.2, 0.25) is 5.91 Å². The fraction of sp³-hybridized carbons (Fsp3) is 0.704. The molecule has 4 unspecified atom stereocenters. The van der Waals surface area contributed by atoms with Gasteiger partial charge in [-0.05, 0) is 0 Å². The van der Waals surface area contributed by atoms with Crippen molar-refractivity contribution in [3.63, 3.8) is 0 Å². The van der Waals surface area contributed by atoms with E-state index >= 15 is 0 Å². The van der Waals surface area contributed by atoms with Gasteiger partial charge in [-0.1, -0.05) is 13.8 Å². The number of carbonyl (C=O) groups is 3. The summed E-state index contributed by atoms with van der Waals surface area (Å²) in [6.07, 6.45) is -6.28. The summed E-state index contributed by atoms with van der Waals surface area (Å²) in [5.41, 5.74) is 4.24. The molecule has 2 aromatic rings. The van der Waals surface area contributed by atoms with E-state index in [1.165, 1.54) is 13.8 Å². The minimum atomic E-state index is -5.58. The Morgan fingerprint density at radius 3 is 2.42 bits per heavy atom. The maximum atomic E-state index is 12.7. The third kappa shape index (κ3) is 15.9. The molecule has 1 aliphatic heterocycles. The van der Waals surface area contributed by atoms with E-state index in [0.29, 0.717) is 6.42 Å². The summed E-state index contributed by atoms with van der Waals surface area (Å²) in [4.78, 5) is 87.5. The number of amides is 2. The van der Waals surface area contributed by atoms with Crippen LogP contribution in [0, 0.1) is 5.41 Å². The number of fused-ring (bicyclic) bond motifs is 1. The molecule has 3 rings (SSSR count). The quantitative estimate of drug-likeness (QED) is 0.0317. The first-order valence-corrected chi connectivity index (χ1v) is 24.1. The molecule has 0 aliphatic carbocycles. The monoisotopic (exact) mass is 957 g/mol. The molecule has 324 valence electrons. The van der Waals surface area contributed by atoms with Crippen LogP contribution in [-0.2, 0) is 50.7 Å². The van der Waals surface area contributed by atoms with E-state index in [2.05, 4.69) is 34.4 Å². The van der Waals surface area contributed by atoms with Gasteiger partial charge in [0.25, 0.3) is 0 Å². The molecule has 0 bridgehead atoms. The van der Waals surface area contributed by atoms with Crippen molar-refractivity contribution in [2.75, 3.05) is 37.8 Å². The Balaban J connectivity index is 1.46. The van der Waals surface area contributed by atoms with Gasteiger partial charge in [-0.15, -0.1) is 0 Å². The van der Waals surface area contributed by atoms with Gasteiger partial charge >= 0.3 is 132 Å². The molecule has 30 heteroatoms. The number of phosphoric ester groups is 3. The van der Waals surface area contributed by atoms with E-state index < -0.39 is 90.7 Å². The van der Waals surface area contributed by atoms with Crippen LogP contribution in [0.3, 0.4) is 0 Å². The van der Waals surface area contributed by atoms with Gasteiger partial charge in [0.15, 0.2) is 17.7 Å². The molecule has 9 atom stereocenters. The van der Waals surface area contributed by atoms with Crippen molar-refractivity contribution in [2.45, 2.75) is 81.5 Å². The first kappa shape index (κ1) is 49.4. The summed E-state index contributed by atoms with van der Waals surface area (Å²) in [7, 11) is -16.4. The molecule has 1 aliphatic rings. The fourth-order valence-corrected chi connectivity index (χ4v) is 9.07. The molecule has 1 fully saturated rings. The normalized spacial score (nSPS) is 22.1. The van der Waals surface area contributed by atoms with E-state index in [1.807, 2.05) is 0 Å². The van der Waals surface area contributed by atoms with Crippen molar-refractivity contribution in [3.05, 3.63) is 12.7 Å². The van der Waals surface area contributed by atoms with Crippen molar-refractivity contribution >= 4 is 86.0 Å². The number of thioether (sulfide) groups is 1. The van der Waals surface area contributed by atoms with Gasteiger partial charge in [0.1, 0.15) is 36.3 Å². The van der Waals surface area contributed by atoms with E-state index in [-0.39, 0.29) is 53.8 Å². The Hall–Kier alpha value is -1.92. The van der Waals surface area contributed by atoms with Crippen molar-refractivity contribution in [1.29, 1.82) is 0 Å². The molecule has 0 aromatic carbocycles. The van der Waals surface area contributed by atoms with E-state index in [4.69, 9.17) is 19.5 Å². The van der Waals surface area contributed by atoms with Crippen LogP contribution in [0.2, 0.25) is 5.21 Å². The van der Waals surface area contributed by atoms with E-state index in [0.717, 1.165) is 40.6 Å². The second-order valence-electron chi connectivity index (χ2n) is 13.1. The molecule has 0 spiro atoms. The molecule has 2 amide bonds. The Morgan fingerprint density at radius 2 is 1.75 bits per heavy atom. The fourth-order valence-electron chi connectivity index (χ4n) is 5.00. The topological polar surface area (TPSA) is 384 Å². The predicted octanol–water partition coefficient (Wildman–Crippen LogP) is -1.75. The van der Waals surface area contributed by atoms with Crippen LogP contribution < -0.4 is 16.4 Å². The van der Waals surface area contributed by atoms with Crippen molar-refractivity contribution in [2.24, 2.45) is 5.41 Å². The number of phosphoric acid groups is 3. The number of anilines is 1. The van der Waals surface area contributed by atoms with Gasteiger partial charge < -0.3 is 45.6 Å². The molecular weight excluding hydrogens is 910 g/mol.